The Balaban J connectivity index is 3.40. The number of hydrogen-bond donors (Lipinski definition) is 0. The molecule has 1 rings (SSSR count). The molecule has 0 aliphatic heterocycles. The molecule has 0 heterocycles. The van der Waals surface area contributed by atoms with Gasteiger partial charge in [-0.05, 0) is 24.6 Å². The number of isocyanates is 3. The predicted molar refractivity (Wildman–Crippen MR) is 57.7 cm³/mol. The zero-order chi connectivity index (χ0) is 12.7. The lowest BCUT2D eigenvalue weighted by molar-refractivity contribution is 0.558. The number of hydrazone groups is 2. The van der Waals surface area contributed by atoms with Crippen LogP contribution in [-0.2, 0) is 14.4 Å². The van der Waals surface area contributed by atoms with Crippen LogP contribution in [0.15, 0.2) is 33.4 Å². The summed E-state index contributed by atoms with van der Waals surface area (Å²) in [5.41, 5.74) is 1.18. The first-order valence-corrected chi connectivity index (χ1v) is 4.37. The molecule has 1 aromatic carbocycles. The van der Waals surface area contributed by atoms with E-state index >= 15 is 0 Å². The standard InChI is InChI=1S/C10H6N4O3/c1-8-2-3-10(9(4-8)11-5-15)14(12-6-16)13-7-17/h2-4H,1H3. The van der Waals surface area contributed by atoms with Gasteiger partial charge in [0, 0.05) is 0 Å². The number of anilines is 1. The fraction of sp³-hybridized carbons (Fsp3) is 0.100. The van der Waals surface area contributed by atoms with Crippen LogP contribution < -0.4 is 5.12 Å². The summed E-state index contributed by atoms with van der Waals surface area (Å²) >= 11 is 0. The second-order valence-corrected chi connectivity index (χ2v) is 2.87. The fourth-order valence-corrected chi connectivity index (χ4v) is 1.15. The predicted octanol–water partition coefficient (Wildman–Crippen LogP) is 1.27. The monoisotopic (exact) mass is 230 g/mol. The van der Waals surface area contributed by atoms with E-state index in [1.54, 1.807) is 19.1 Å². The van der Waals surface area contributed by atoms with Gasteiger partial charge in [-0.3, -0.25) is 0 Å². The van der Waals surface area contributed by atoms with Gasteiger partial charge in [0.15, 0.2) is 0 Å². The molecule has 7 heteroatoms. The summed E-state index contributed by atoms with van der Waals surface area (Å²) in [6.45, 7) is 1.78. The molecule has 7 nitrogen and oxygen atoms in total. The van der Waals surface area contributed by atoms with E-state index < -0.39 is 0 Å². The molecule has 0 N–H and O–H groups in total. The van der Waals surface area contributed by atoms with Crippen molar-refractivity contribution in [3.8, 4) is 0 Å². The maximum absolute atomic E-state index is 10.3. The topological polar surface area (TPSA) is 91.5 Å². The third-order valence-electron chi connectivity index (χ3n) is 1.78. The van der Waals surface area contributed by atoms with Crippen LogP contribution in [0.2, 0.25) is 0 Å². The van der Waals surface area contributed by atoms with Crippen LogP contribution in [0.5, 0.6) is 0 Å². The summed E-state index contributed by atoms with van der Waals surface area (Å²) in [4.78, 5) is 34.0. The van der Waals surface area contributed by atoms with Crippen molar-refractivity contribution < 1.29 is 14.4 Å². The van der Waals surface area contributed by atoms with Crippen molar-refractivity contribution in [2.75, 3.05) is 5.12 Å². The second-order valence-electron chi connectivity index (χ2n) is 2.87. The Morgan fingerprint density at radius 3 is 2.24 bits per heavy atom. The number of benzene rings is 1. The van der Waals surface area contributed by atoms with Gasteiger partial charge in [0.2, 0.25) is 6.08 Å². The van der Waals surface area contributed by atoms with E-state index in [2.05, 4.69) is 15.2 Å². The second kappa shape index (κ2) is 5.90. The molecule has 0 fully saturated rings. The highest BCUT2D eigenvalue weighted by Crippen LogP contribution is 2.29. The van der Waals surface area contributed by atoms with Gasteiger partial charge < -0.3 is 0 Å². The van der Waals surface area contributed by atoms with Gasteiger partial charge in [-0.25, -0.2) is 14.4 Å². The van der Waals surface area contributed by atoms with Gasteiger partial charge in [0.25, 0.3) is 12.2 Å². The Morgan fingerprint density at radius 2 is 1.71 bits per heavy atom. The quantitative estimate of drug-likeness (QED) is 0.442. The Morgan fingerprint density at radius 1 is 1.06 bits per heavy atom. The van der Waals surface area contributed by atoms with E-state index in [1.807, 2.05) is 0 Å². The Bertz CT molecular complexity index is 547. The van der Waals surface area contributed by atoms with E-state index in [0.29, 0.717) is 5.12 Å². The van der Waals surface area contributed by atoms with Crippen LogP contribution in [0.4, 0.5) is 11.4 Å². The maximum atomic E-state index is 10.3. The molecule has 0 spiro atoms. The molecule has 0 atom stereocenters. The Kier molecular flexibility index (Phi) is 4.25. The molecule has 17 heavy (non-hydrogen) atoms. The van der Waals surface area contributed by atoms with Crippen LogP contribution in [0, 0.1) is 6.92 Å². The summed E-state index contributed by atoms with van der Waals surface area (Å²) < 4.78 is 0. The van der Waals surface area contributed by atoms with Gasteiger partial charge >= 0.3 is 0 Å². The summed E-state index contributed by atoms with van der Waals surface area (Å²) in [6, 6.07) is 4.72. The van der Waals surface area contributed by atoms with Crippen molar-refractivity contribution in [3.05, 3.63) is 23.8 Å². The highest BCUT2D eigenvalue weighted by molar-refractivity contribution is 5.71. The van der Waals surface area contributed by atoms with Crippen molar-refractivity contribution in [1.29, 1.82) is 0 Å². The molecule has 0 bridgehead atoms. The van der Waals surface area contributed by atoms with E-state index in [1.165, 1.54) is 24.3 Å². The molecule has 0 unspecified atom stereocenters. The number of rotatable bonds is 4. The molecular weight excluding hydrogens is 224 g/mol. The van der Waals surface area contributed by atoms with Crippen LogP contribution >= 0.6 is 0 Å². The molecule has 0 amide bonds. The highest BCUT2D eigenvalue weighted by Gasteiger charge is 2.10. The van der Waals surface area contributed by atoms with Gasteiger partial charge in [0.1, 0.15) is 11.4 Å². The first-order valence-electron chi connectivity index (χ1n) is 4.37. The molecule has 0 aliphatic carbocycles. The van der Waals surface area contributed by atoms with Gasteiger partial charge in [-0.2, -0.15) is 4.99 Å². The van der Waals surface area contributed by atoms with Crippen molar-refractivity contribution in [2.45, 2.75) is 6.92 Å². The zero-order valence-corrected chi connectivity index (χ0v) is 8.75. The van der Waals surface area contributed by atoms with Crippen LogP contribution in [0.1, 0.15) is 5.56 Å². The first-order chi connectivity index (χ1) is 8.22. The van der Waals surface area contributed by atoms with Gasteiger partial charge in [0.05, 0.1) is 0 Å². The average Bonchev–Trinajstić information content (AvgIpc) is 2.30. The number of hydrogen-bond acceptors (Lipinski definition) is 7. The fourth-order valence-electron chi connectivity index (χ4n) is 1.15. The molecule has 0 aliphatic rings. The van der Waals surface area contributed by atoms with E-state index in [0.717, 1.165) is 5.56 Å². The Labute approximate surface area is 95.8 Å². The maximum Gasteiger partial charge on any atom is 0.260 e. The number of nitrogens with zero attached hydrogens (tertiary/aromatic N) is 4. The SMILES string of the molecule is Cc1ccc(N(N=C=O)N=C=O)c(N=C=O)c1. The lowest BCUT2D eigenvalue weighted by Gasteiger charge is -2.10. The molecule has 0 saturated carbocycles. The van der Waals surface area contributed by atoms with Crippen molar-refractivity contribution >= 4 is 29.6 Å². The molecule has 84 valence electrons. The minimum absolute atomic E-state index is 0.172. The lowest BCUT2D eigenvalue weighted by atomic mass is 10.2. The highest BCUT2D eigenvalue weighted by atomic mass is 16.1. The van der Waals surface area contributed by atoms with Crippen LogP contribution in [-0.4, -0.2) is 18.2 Å². The summed E-state index contributed by atoms with van der Waals surface area (Å²) in [7, 11) is 0. The Hall–Kier alpha value is -2.84. The zero-order valence-electron chi connectivity index (χ0n) is 8.75. The lowest BCUT2D eigenvalue weighted by Crippen LogP contribution is -2.07. The number of aryl methyl sites for hydroxylation is 1. The number of carbonyl (C=O) groups excluding carboxylic acids is 3. The van der Waals surface area contributed by atoms with Gasteiger partial charge in [-0.1, -0.05) is 16.3 Å². The minimum Gasteiger partial charge on any atom is -0.211 e. The largest absolute Gasteiger partial charge is 0.260 e. The molecule has 1 aromatic rings. The van der Waals surface area contributed by atoms with Crippen LogP contribution in [0.3, 0.4) is 0 Å². The van der Waals surface area contributed by atoms with E-state index in [9.17, 15) is 14.4 Å². The summed E-state index contributed by atoms with van der Waals surface area (Å²) in [5, 5.41) is 7.01. The third kappa shape index (κ3) is 3.06. The third-order valence-corrected chi connectivity index (χ3v) is 1.78. The first kappa shape index (κ1) is 12.2. The smallest absolute Gasteiger partial charge is 0.211 e. The van der Waals surface area contributed by atoms with Crippen molar-refractivity contribution in [1.82, 2.24) is 0 Å². The molecule has 0 aromatic heterocycles. The van der Waals surface area contributed by atoms with Crippen LogP contribution in [0.25, 0.3) is 0 Å². The average molecular weight is 230 g/mol. The number of aliphatic imine (C=N–C) groups is 1. The molecule has 0 saturated heterocycles. The normalized spacial score (nSPS) is 8.29. The van der Waals surface area contributed by atoms with Crippen molar-refractivity contribution in [2.24, 2.45) is 15.2 Å². The van der Waals surface area contributed by atoms with Crippen molar-refractivity contribution in [3.63, 3.8) is 0 Å². The van der Waals surface area contributed by atoms with Gasteiger partial charge in [-0.15, -0.1) is 5.12 Å². The molecule has 0 radical (unpaired) electrons. The van der Waals surface area contributed by atoms with E-state index in [-0.39, 0.29) is 11.4 Å². The summed E-state index contributed by atoms with van der Waals surface area (Å²) in [6.07, 6.45) is 3.80. The van der Waals surface area contributed by atoms with E-state index in [4.69, 9.17) is 0 Å². The summed E-state index contributed by atoms with van der Waals surface area (Å²) in [5.74, 6) is 0. The molecular formula is C10H6N4O3. The minimum atomic E-state index is 0.172.